The largest absolute Gasteiger partial charge is 0.397 e. The minimum atomic E-state index is -0.301. The quantitative estimate of drug-likeness (QED) is 0.638. The molecule has 0 unspecified atom stereocenters. The van der Waals surface area contributed by atoms with Gasteiger partial charge in [-0.3, -0.25) is 14.6 Å². The summed E-state index contributed by atoms with van der Waals surface area (Å²) >= 11 is 0. The van der Waals surface area contributed by atoms with E-state index in [1.807, 2.05) is 0 Å². The maximum absolute atomic E-state index is 11.9. The molecule has 7 nitrogen and oxygen atoms in total. The van der Waals surface area contributed by atoms with Gasteiger partial charge in [0.1, 0.15) is 5.69 Å². The summed E-state index contributed by atoms with van der Waals surface area (Å²) in [4.78, 5) is 32.2. The lowest BCUT2D eigenvalue weighted by molar-refractivity contribution is -0.115. The van der Waals surface area contributed by atoms with Gasteiger partial charge >= 0.3 is 0 Å². The molecule has 7 heteroatoms. The first-order valence-electron chi connectivity index (χ1n) is 6.88. The van der Waals surface area contributed by atoms with Crippen LogP contribution in [0.25, 0.3) is 10.9 Å². The summed E-state index contributed by atoms with van der Waals surface area (Å²) in [6.45, 7) is 1.76. The van der Waals surface area contributed by atoms with Gasteiger partial charge in [0.2, 0.25) is 5.91 Å². The van der Waals surface area contributed by atoms with Crippen LogP contribution in [0.4, 0.5) is 17.1 Å². The number of pyridine rings is 1. The van der Waals surface area contributed by atoms with Crippen molar-refractivity contribution in [3.8, 4) is 0 Å². The number of nitrogens with two attached hydrogens (primary N) is 1. The Labute approximate surface area is 126 Å². The first-order valence-corrected chi connectivity index (χ1v) is 6.88. The SMILES string of the molecule is CCC(=O)Nc1cc(N)c2c3c(cc(C(=O)NC)nc13)C=N2. The van der Waals surface area contributed by atoms with Crippen molar-refractivity contribution in [3.63, 3.8) is 0 Å². The average Bonchev–Trinajstić information content (AvgIpc) is 2.95. The molecule has 0 bridgehead atoms. The van der Waals surface area contributed by atoms with E-state index in [2.05, 4.69) is 20.6 Å². The molecule has 1 aromatic carbocycles. The molecular formula is C15H15N5O2. The fourth-order valence-electron chi connectivity index (χ4n) is 2.40. The number of nitrogen functional groups attached to an aromatic ring is 1. The molecule has 3 rings (SSSR count). The zero-order valence-corrected chi connectivity index (χ0v) is 12.2. The van der Waals surface area contributed by atoms with Crippen LogP contribution < -0.4 is 16.4 Å². The molecule has 1 aliphatic rings. The van der Waals surface area contributed by atoms with E-state index in [1.54, 1.807) is 25.3 Å². The minimum absolute atomic E-state index is 0.151. The highest BCUT2D eigenvalue weighted by atomic mass is 16.2. The Morgan fingerprint density at radius 3 is 2.77 bits per heavy atom. The summed E-state index contributed by atoms with van der Waals surface area (Å²) in [5.41, 5.74) is 9.11. The Morgan fingerprint density at radius 2 is 2.09 bits per heavy atom. The highest BCUT2D eigenvalue weighted by Gasteiger charge is 2.21. The van der Waals surface area contributed by atoms with Crippen LogP contribution in [0.15, 0.2) is 17.1 Å². The second kappa shape index (κ2) is 5.10. The smallest absolute Gasteiger partial charge is 0.269 e. The second-order valence-corrected chi connectivity index (χ2v) is 4.92. The van der Waals surface area contributed by atoms with Gasteiger partial charge in [-0.25, -0.2) is 4.98 Å². The van der Waals surface area contributed by atoms with E-state index in [9.17, 15) is 9.59 Å². The number of hydrogen-bond donors (Lipinski definition) is 3. The summed E-state index contributed by atoms with van der Waals surface area (Å²) in [5, 5.41) is 6.06. The molecule has 0 fully saturated rings. The van der Waals surface area contributed by atoms with Gasteiger partial charge in [-0.2, -0.15) is 0 Å². The summed E-state index contributed by atoms with van der Waals surface area (Å²) < 4.78 is 0. The Kier molecular flexibility index (Phi) is 3.25. The van der Waals surface area contributed by atoms with Crippen LogP contribution in [0, 0.1) is 0 Å². The molecule has 1 aromatic heterocycles. The van der Waals surface area contributed by atoms with Crippen LogP contribution >= 0.6 is 0 Å². The van der Waals surface area contributed by atoms with Gasteiger partial charge in [-0.1, -0.05) is 6.92 Å². The number of nitrogens with one attached hydrogen (secondary N) is 2. The zero-order valence-electron chi connectivity index (χ0n) is 12.2. The van der Waals surface area contributed by atoms with E-state index < -0.39 is 0 Å². The van der Waals surface area contributed by atoms with Gasteiger partial charge in [0.15, 0.2) is 0 Å². The highest BCUT2D eigenvalue weighted by molar-refractivity contribution is 6.18. The topological polar surface area (TPSA) is 109 Å². The Balaban J connectivity index is 2.28. The van der Waals surface area contributed by atoms with E-state index in [-0.39, 0.29) is 17.5 Å². The molecule has 2 heterocycles. The van der Waals surface area contributed by atoms with Crippen molar-refractivity contribution in [1.29, 1.82) is 0 Å². The number of nitrogens with zero attached hydrogens (tertiary/aromatic N) is 2. The molecule has 4 N–H and O–H groups in total. The average molecular weight is 297 g/mol. The van der Waals surface area contributed by atoms with Crippen molar-refractivity contribution in [2.24, 2.45) is 4.99 Å². The van der Waals surface area contributed by atoms with Crippen molar-refractivity contribution in [3.05, 3.63) is 23.4 Å². The molecule has 0 atom stereocenters. The number of rotatable bonds is 3. The fraction of sp³-hybridized carbons (Fsp3) is 0.200. The summed E-state index contributed by atoms with van der Waals surface area (Å²) in [6, 6.07) is 3.28. The lowest BCUT2D eigenvalue weighted by Gasteiger charge is -2.12. The van der Waals surface area contributed by atoms with Crippen LogP contribution in [0.1, 0.15) is 29.4 Å². The van der Waals surface area contributed by atoms with E-state index in [0.717, 1.165) is 10.9 Å². The predicted molar refractivity (Wildman–Crippen MR) is 85.7 cm³/mol. The van der Waals surface area contributed by atoms with Gasteiger partial charge < -0.3 is 16.4 Å². The number of hydrogen-bond acceptors (Lipinski definition) is 5. The van der Waals surface area contributed by atoms with Crippen molar-refractivity contribution in [1.82, 2.24) is 10.3 Å². The van der Waals surface area contributed by atoms with E-state index in [4.69, 9.17) is 5.73 Å². The zero-order chi connectivity index (χ0) is 15.9. The van der Waals surface area contributed by atoms with Crippen molar-refractivity contribution < 1.29 is 9.59 Å². The number of anilines is 2. The Morgan fingerprint density at radius 1 is 1.32 bits per heavy atom. The van der Waals surface area contributed by atoms with Crippen molar-refractivity contribution in [2.75, 3.05) is 18.1 Å². The lowest BCUT2D eigenvalue weighted by Crippen LogP contribution is -2.20. The molecule has 0 aliphatic carbocycles. The number of benzene rings is 1. The van der Waals surface area contributed by atoms with Crippen LogP contribution in [0.5, 0.6) is 0 Å². The van der Waals surface area contributed by atoms with Crippen LogP contribution in [0.2, 0.25) is 0 Å². The van der Waals surface area contributed by atoms with Crippen molar-refractivity contribution >= 4 is 46.0 Å². The molecule has 0 spiro atoms. The van der Waals surface area contributed by atoms with Crippen LogP contribution in [0.3, 0.4) is 0 Å². The Bertz CT molecular complexity index is 842. The number of carbonyl (C=O) groups is 2. The number of amides is 2. The molecule has 22 heavy (non-hydrogen) atoms. The van der Waals surface area contributed by atoms with E-state index >= 15 is 0 Å². The van der Waals surface area contributed by atoms with Crippen molar-refractivity contribution in [2.45, 2.75) is 13.3 Å². The normalized spacial score (nSPS) is 11.7. The lowest BCUT2D eigenvalue weighted by atomic mass is 10.1. The van der Waals surface area contributed by atoms with Gasteiger partial charge in [0, 0.05) is 30.6 Å². The standard InChI is InChI=1S/C15H15N5O2/c1-3-11(21)19-9-5-8(16)13-12-7(6-18-13)4-10(15(22)17-2)20-14(9)12/h4-6H,3,16H2,1-2H3,(H,17,22)(H,19,21). The maximum atomic E-state index is 11.9. The van der Waals surface area contributed by atoms with Crippen LogP contribution in [-0.4, -0.2) is 30.1 Å². The number of carbonyl (C=O) groups excluding carboxylic acids is 2. The third-order valence-electron chi connectivity index (χ3n) is 3.50. The van der Waals surface area contributed by atoms with E-state index in [1.165, 1.54) is 7.05 Å². The number of aliphatic imine (C=N–C) groups is 1. The second-order valence-electron chi connectivity index (χ2n) is 4.92. The maximum Gasteiger partial charge on any atom is 0.269 e. The fourth-order valence-corrected chi connectivity index (χ4v) is 2.40. The molecule has 2 aromatic rings. The predicted octanol–water partition coefficient (Wildman–Crippen LogP) is 1.59. The third kappa shape index (κ3) is 2.07. The minimum Gasteiger partial charge on any atom is -0.397 e. The molecular weight excluding hydrogens is 282 g/mol. The first-order chi connectivity index (χ1) is 10.5. The van der Waals surface area contributed by atoms with Crippen LogP contribution in [-0.2, 0) is 4.79 Å². The number of aromatic nitrogens is 1. The summed E-state index contributed by atoms with van der Waals surface area (Å²) in [7, 11) is 1.54. The van der Waals surface area contributed by atoms with E-state index in [0.29, 0.717) is 29.0 Å². The third-order valence-corrected chi connectivity index (χ3v) is 3.50. The van der Waals surface area contributed by atoms with Gasteiger partial charge in [0.05, 0.1) is 22.6 Å². The first kappa shape index (κ1) is 14.0. The Hall–Kier alpha value is -2.96. The highest BCUT2D eigenvalue weighted by Crippen LogP contribution is 2.41. The molecule has 0 radical (unpaired) electrons. The molecule has 0 saturated heterocycles. The van der Waals surface area contributed by atoms with Gasteiger partial charge in [0.25, 0.3) is 5.91 Å². The van der Waals surface area contributed by atoms with Gasteiger partial charge in [-0.15, -0.1) is 0 Å². The molecule has 112 valence electrons. The summed E-state index contributed by atoms with van der Waals surface area (Å²) in [6.07, 6.45) is 1.98. The molecule has 1 aliphatic heterocycles. The summed E-state index contributed by atoms with van der Waals surface area (Å²) in [5.74, 6) is -0.452. The monoisotopic (exact) mass is 297 g/mol. The van der Waals surface area contributed by atoms with Gasteiger partial charge in [-0.05, 0) is 12.1 Å². The molecule has 0 saturated carbocycles. The molecule has 2 amide bonds.